The smallest absolute Gasteiger partial charge is 0.345 e. The van der Waals surface area contributed by atoms with Crippen molar-refractivity contribution in [2.24, 2.45) is 11.7 Å². The number of carbonyl (C=O) groups is 3. The fourth-order valence-electron chi connectivity index (χ4n) is 3.20. The monoisotopic (exact) mass is 455 g/mol. The average molecular weight is 456 g/mol. The maximum absolute atomic E-state index is 12.9. The van der Waals surface area contributed by atoms with E-state index in [2.05, 4.69) is 15.4 Å². The first-order chi connectivity index (χ1) is 15.0. The van der Waals surface area contributed by atoms with E-state index in [-0.39, 0.29) is 24.7 Å². The highest BCUT2D eigenvalue weighted by atomic mass is 19.3. The molecule has 1 aliphatic rings. The molecule has 32 heavy (non-hydrogen) atoms. The number of ether oxygens (including phenoxy) is 2. The lowest BCUT2D eigenvalue weighted by atomic mass is 9.94. The molecule has 1 unspecified atom stereocenters. The molecule has 0 spiro atoms. The van der Waals surface area contributed by atoms with Crippen LogP contribution in [0.25, 0.3) is 0 Å². The molecular weight excluding hydrogens is 424 g/mol. The van der Waals surface area contributed by atoms with Crippen LogP contribution >= 0.6 is 0 Å². The lowest BCUT2D eigenvalue weighted by molar-refractivity contribution is -0.148. The Morgan fingerprint density at radius 3 is 2.25 bits per heavy atom. The number of rotatable bonds is 13. The molecule has 178 valence electrons. The van der Waals surface area contributed by atoms with Crippen molar-refractivity contribution < 1.29 is 32.6 Å². The van der Waals surface area contributed by atoms with Gasteiger partial charge in [0, 0.05) is 0 Å². The van der Waals surface area contributed by atoms with Crippen LogP contribution < -0.4 is 16.4 Å². The second-order valence-electron chi connectivity index (χ2n) is 8.53. The lowest BCUT2D eigenvalue weighted by Gasteiger charge is -2.25. The number of carbonyl (C=O) groups excluding carboxylic acids is 3. The van der Waals surface area contributed by atoms with Crippen molar-refractivity contribution in [1.82, 2.24) is 10.6 Å². The third-order valence-electron chi connectivity index (χ3n) is 5.10. The largest absolute Gasteiger partial charge is 0.361 e. The van der Waals surface area contributed by atoms with Crippen molar-refractivity contribution in [2.75, 3.05) is 13.2 Å². The van der Waals surface area contributed by atoms with Gasteiger partial charge >= 0.3 is 6.61 Å². The minimum Gasteiger partial charge on any atom is -0.361 e. The van der Waals surface area contributed by atoms with Gasteiger partial charge in [-0.3, -0.25) is 14.4 Å². The van der Waals surface area contributed by atoms with E-state index in [0.717, 1.165) is 5.56 Å². The van der Waals surface area contributed by atoms with Gasteiger partial charge in [0.25, 0.3) is 0 Å². The van der Waals surface area contributed by atoms with Crippen molar-refractivity contribution in [3.8, 4) is 0 Å². The Morgan fingerprint density at radius 1 is 1.12 bits per heavy atom. The predicted molar refractivity (Wildman–Crippen MR) is 113 cm³/mol. The molecule has 1 heterocycles. The average Bonchev–Trinajstić information content (AvgIpc) is 3.48. The van der Waals surface area contributed by atoms with Gasteiger partial charge in [-0.1, -0.05) is 44.2 Å². The summed E-state index contributed by atoms with van der Waals surface area (Å²) in [7, 11) is 0. The Morgan fingerprint density at radius 2 is 1.72 bits per heavy atom. The van der Waals surface area contributed by atoms with Crippen molar-refractivity contribution in [3.05, 3.63) is 35.9 Å². The third-order valence-corrected chi connectivity index (χ3v) is 5.10. The Balaban J connectivity index is 2.14. The van der Waals surface area contributed by atoms with Crippen molar-refractivity contribution >= 4 is 17.6 Å². The number of hydrogen-bond donors (Lipinski definition) is 3. The molecule has 0 saturated carbocycles. The van der Waals surface area contributed by atoms with Gasteiger partial charge in [0.2, 0.25) is 11.8 Å². The van der Waals surface area contributed by atoms with Crippen LogP contribution in [-0.2, 0) is 30.3 Å². The highest BCUT2D eigenvalue weighted by Gasteiger charge is 2.50. The first-order valence-electron chi connectivity index (χ1n) is 10.5. The Kier molecular flexibility index (Phi) is 9.23. The summed E-state index contributed by atoms with van der Waals surface area (Å²) in [5.41, 5.74) is 5.62. The van der Waals surface area contributed by atoms with Crippen molar-refractivity contribution in [2.45, 2.75) is 64.0 Å². The van der Waals surface area contributed by atoms with E-state index in [9.17, 15) is 23.2 Å². The van der Waals surface area contributed by atoms with Crippen LogP contribution in [0.1, 0.15) is 32.8 Å². The minimum atomic E-state index is -3.13. The fraction of sp³-hybridized carbons (Fsp3) is 0.591. The van der Waals surface area contributed by atoms with Crippen LogP contribution in [-0.4, -0.2) is 61.1 Å². The zero-order chi connectivity index (χ0) is 23.9. The van der Waals surface area contributed by atoms with Gasteiger partial charge in [0.15, 0.2) is 5.78 Å². The number of nitrogens with two attached hydrogens (primary N) is 1. The second-order valence-corrected chi connectivity index (χ2v) is 8.53. The molecule has 0 radical (unpaired) electrons. The molecule has 4 atom stereocenters. The number of halogens is 2. The summed E-state index contributed by atoms with van der Waals surface area (Å²) in [5, 5.41) is 4.93. The summed E-state index contributed by atoms with van der Waals surface area (Å²) in [4.78, 5) is 38.2. The maximum atomic E-state index is 12.9. The van der Waals surface area contributed by atoms with E-state index in [0.29, 0.717) is 6.42 Å². The number of benzene rings is 1. The van der Waals surface area contributed by atoms with Crippen LogP contribution in [0.3, 0.4) is 0 Å². The van der Waals surface area contributed by atoms with Gasteiger partial charge in [-0.15, -0.1) is 0 Å². The molecule has 1 saturated heterocycles. The number of ketones is 1. The van der Waals surface area contributed by atoms with Gasteiger partial charge in [-0.05, 0) is 31.2 Å². The van der Waals surface area contributed by atoms with Gasteiger partial charge < -0.3 is 25.8 Å². The van der Waals surface area contributed by atoms with Crippen LogP contribution in [0.2, 0.25) is 0 Å². The van der Waals surface area contributed by atoms with Crippen LogP contribution in [0.15, 0.2) is 30.3 Å². The topological polar surface area (TPSA) is 123 Å². The van der Waals surface area contributed by atoms with E-state index in [4.69, 9.17) is 10.5 Å². The molecule has 1 aliphatic heterocycles. The van der Waals surface area contributed by atoms with E-state index in [1.807, 2.05) is 19.9 Å². The molecule has 4 N–H and O–H groups in total. The van der Waals surface area contributed by atoms with Crippen molar-refractivity contribution in [1.29, 1.82) is 0 Å². The van der Waals surface area contributed by atoms with E-state index in [1.54, 1.807) is 31.2 Å². The number of hydrogen-bond acceptors (Lipinski definition) is 6. The standard InChI is InChI=1S/C22H31F2N3O5/c1-13(2)9-15(25)19(29)27-17(11-31-21(23)24)20(30)26-16(18(28)22(3)12-32-22)10-14-7-5-4-6-8-14/h4-8,13,15-17,21H,9-12,25H2,1-3H3,(H,26,30)(H,27,29)/t15-,16?,17-,22+/m0/s1. The highest BCUT2D eigenvalue weighted by Crippen LogP contribution is 2.29. The Labute approximate surface area is 186 Å². The number of amides is 2. The molecule has 0 bridgehead atoms. The second kappa shape index (κ2) is 11.4. The predicted octanol–water partition coefficient (Wildman–Crippen LogP) is 1.17. The first-order valence-corrected chi connectivity index (χ1v) is 10.5. The van der Waals surface area contributed by atoms with Gasteiger partial charge in [-0.2, -0.15) is 8.78 Å². The Hall–Kier alpha value is -2.43. The summed E-state index contributed by atoms with van der Waals surface area (Å²) in [6.45, 7) is 1.68. The molecule has 0 aliphatic carbocycles. The normalized spacial score (nSPS) is 20.5. The Bertz CT molecular complexity index is 787. The zero-order valence-electron chi connectivity index (χ0n) is 18.5. The number of alkyl halides is 2. The lowest BCUT2D eigenvalue weighted by Crippen LogP contribution is -2.57. The maximum Gasteiger partial charge on any atom is 0.345 e. The summed E-state index contributed by atoms with van der Waals surface area (Å²) in [6, 6.07) is 5.66. The summed E-state index contributed by atoms with van der Waals surface area (Å²) >= 11 is 0. The minimum absolute atomic E-state index is 0.118. The molecule has 2 amide bonds. The molecular formula is C22H31F2N3O5. The van der Waals surface area contributed by atoms with Crippen LogP contribution in [0, 0.1) is 5.92 Å². The van der Waals surface area contributed by atoms with Gasteiger partial charge in [0.1, 0.15) is 11.6 Å². The summed E-state index contributed by atoms with van der Waals surface area (Å²) in [6.07, 6.45) is 0.522. The molecule has 10 heteroatoms. The quantitative estimate of drug-likeness (QED) is 0.384. The van der Waals surface area contributed by atoms with E-state index in [1.165, 1.54) is 0 Å². The molecule has 0 aromatic heterocycles. The molecule has 8 nitrogen and oxygen atoms in total. The molecule has 1 aromatic rings. The van der Waals surface area contributed by atoms with Gasteiger partial charge in [-0.25, -0.2) is 0 Å². The molecule has 1 aromatic carbocycles. The first kappa shape index (κ1) is 25.8. The van der Waals surface area contributed by atoms with E-state index >= 15 is 0 Å². The van der Waals surface area contributed by atoms with Gasteiger partial charge in [0.05, 0.1) is 25.3 Å². The molecule has 1 fully saturated rings. The van der Waals surface area contributed by atoms with Crippen molar-refractivity contribution in [3.63, 3.8) is 0 Å². The zero-order valence-corrected chi connectivity index (χ0v) is 18.5. The van der Waals surface area contributed by atoms with E-state index < -0.39 is 48.8 Å². The number of nitrogens with one attached hydrogen (secondary N) is 2. The number of epoxide rings is 1. The summed E-state index contributed by atoms with van der Waals surface area (Å²) < 4.78 is 34.7. The highest BCUT2D eigenvalue weighted by molar-refractivity contribution is 5.98. The SMILES string of the molecule is CC(C)C[C@H](N)C(=O)N[C@@H](COC(F)F)C(=O)NC(Cc1ccccc1)C(=O)[C@@]1(C)CO1. The molecule has 2 rings (SSSR count). The fourth-order valence-corrected chi connectivity index (χ4v) is 3.20. The van der Waals surface area contributed by atoms with Crippen LogP contribution in [0.5, 0.6) is 0 Å². The summed E-state index contributed by atoms with van der Waals surface area (Å²) in [5.74, 6) is -1.71. The number of Topliss-reactive ketones (excluding diaryl/α,β-unsaturated/α-hetero) is 1. The van der Waals surface area contributed by atoms with Crippen LogP contribution in [0.4, 0.5) is 8.78 Å². The third kappa shape index (κ3) is 7.92.